The Morgan fingerprint density at radius 1 is 1.47 bits per heavy atom. The monoisotopic (exact) mass is 350 g/mol. The number of halogens is 2. The van der Waals surface area contributed by atoms with Crippen LogP contribution in [0.2, 0.25) is 0 Å². The van der Waals surface area contributed by atoms with Crippen LogP contribution in [0.25, 0.3) is 0 Å². The molecule has 0 saturated carbocycles. The summed E-state index contributed by atoms with van der Waals surface area (Å²) in [5, 5.41) is 3.22. The topological polar surface area (TPSA) is 58.2 Å². The van der Waals surface area contributed by atoms with Crippen molar-refractivity contribution in [2.45, 2.75) is 36.7 Å². The first kappa shape index (κ1) is 14.9. The SMILES string of the molecule is CC1NCCCC1NS(=O)(=O)c1cc(F)ccc1Br. The summed E-state index contributed by atoms with van der Waals surface area (Å²) in [4.78, 5) is -0.0646. The van der Waals surface area contributed by atoms with Gasteiger partial charge in [-0.15, -0.1) is 0 Å². The van der Waals surface area contributed by atoms with Crippen LogP contribution in [0.1, 0.15) is 19.8 Å². The van der Waals surface area contributed by atoms with Gasteiger partial charge < -0.3 is 5.32 Å². The zero-order chi connectivity index (χ0) is 14.0. The third kappa shape index (κ3) is 3.53. The van der Waals surface area contributed by atoms with Gasteiger partial charge in [0, 0.05) is 16.6 Å². The predicted octanol–water partition coefficient (Wildman–Crippen LogP) is 2.01. The molecule has 0 aliphatic carbocycles. The molecular weight excluding hydrogens is 335 g/mol. The van der Waals surface area contributed by atoms with E-state index in [1.165, 1.54) is 12.1 Å². The zero-order valence-electron chi connectivity index (χ0n) is 10.5. The molecular formula is C12H16BrFN2O2S. The molecule has 0 aromatic heterocycles. The van der Waals surface area contributed by atoms with E-state index in [0.717, 1.165) is 25.5 Å². The summed E-state index contributed by atoms with van der Waals surface area (Å²) >= 11 is 3.14. The number of hydrogen-bond donors (Lipinski definition) is 2. The van der Waals surface area contributed by atoms with E-state index >= 15 is 0 Å². The number of nitrogens with one attached hydrogen (secondary N) is 2. The lowest BCUT2D eigenvalue weighted by atomic mass is 10.0. The highest BCUT2D eigenvalue weighted by atomic mass is 79.9. The Bertz CT molecular complexity index is 565. The van der Waals surface area contributed by atoms with Crippen molar-refractivity contribution in [1.29, 1.82) is 0 Å². The Hall–Kier alpha value is -0.500. The highest BCUT2D eigenvalue weighted by molar-refractivity contribution is 9.10. The number of sulfonamides is 1. The molecule has 1 fully saturated rings. The average Bonchev–Trinajstić information content (AvgIpc) is 2.35. The van der Waals surface area contributed by atoms with Crippen LogP contribution >= 0.6 is 15.9 Å². The van der Waals surface area contributed by atoms with Crippen molar-refractivity contribution < 1.29 is 12.8 Å². The molecule has 1 saturated heterocycles. The molecule has 4 nitrogen and oxygen atoms in total. The summed E-state index contributed by atoms with van der Waals surface area (Å²) in [7, 11) is -3.72. The second-order valence-corrected chi connectivity index (χ2v) is 7.22. The summed E-state index contributed by atoms with van der Waals surface area (Å²) in [5.74, 6) is -0.571. The van der Waals surface area contributed by atoms with Gasteiger partial charge in [0.25, 0.3) is 0 Å². The molecule has 1 aliphatic rings. The van der Waals surface area contributed by atoms with Gasteiger partial charge in [-0.3, -0.25) is 0 Å². The number of benzene rings is 1. The van der Waals surface area contributed by atoms with Gasteiger partial charge in [0.05, 0.1) is 4.90 Å². The van der Waals surface area contributed by atoms with Crippen LogP contribution in [-0.2, 0) is 10.0 Å². The summed E-state index contributed by atoms with van der Waals surface area (Å²) in [6.07, 6.45) is 1.70. The Morgan fingerprint density at radius 3 is 2.89 bits per heavy atom. The first-order valence-electron chi connectivity index (χ1n) is 6.11. The fraction of sp³-hybridized carbons (Fsp3) is 0.500. The maximum absolute atomic E-state index is 13.2. The van der Waals surface area contributed by atoms with E-state index in [1.807, 2.05) is 6.92 Å². The highest BCUT2D eigenvalue weighted by Gasteiger charge is 2.27. The molecule has 1 aromatic carbocycles. The number of piperidine rings is 1. The van der Waals surface area contributed by atoms with Gasteiger partial charge in [0.15, 0.2) is 0 Å². The van der Waals surface area contributed by atoms with Gasteiger partial charge in [-0.05, 0) is 60.4 Å². The molecule has 0 radical (unpaired) electrons. The molecule has 2 N–H and O–H groups in total. The van der Waals surface area contributed by atoms with Crippen molar-refractivity contribution in [2.75, 3.05) is 6.54 Å². The maximum Gasteiger partial charge on any atom is 0.242 e. The Morgan fingerprint density at radius 2 is 2.21 bits per heavy atom. The second kappa shape index (κ2) is 5.87. The van der Waals surface area contributed by atoms with Gasteiger partial charge in [-0.1, -0.05) is 0 Å². The number of hydrogen-bond acceptors (Lipinski definition) is 3. The first-order valence-corrected chi connectivity index (χ1v) is 8.38. The molecule has 106 valence electrons. The lowest BCUT2D eigenvalue weighted by Crippen LogP contribution is -2.51. The van der Waals surface area contributed by atoms with Gasteiger partial charge >= 0.3 is 0 Å². The van der Waals surface area contributed by atoms with Crippen molar-refractivity contribution in [2.24, 2.45) is 0 Å². The molecule has 0 amide bonds. The van der Waals surface area contributed by atoms with Gasteiger partial charge in [-0.25, -0.2) is 17.5 Å². The maximum atomic E-state index is 13.2. The normalized spacial score (nSPS) is 24.4. The molecule has 19 heavy (non-hydrogen) atoms. The third-order valence-corrected chi connectivity index (χ3v) is 5.73. The summed E-state index contributed by atoms with van der Waals surface area (Å²) in [6, 6.07) is 3.53. The number of rotatable bonds is 3. The molecule has 0 spiro atoms. The summed E-state index contributed by atoms with van der Waals surface area (Å²) in [6.45, 7) is 2.83. The van der Waals surface area contributed by atoms with Crippen molar-refractivity contribution in [3.63, 3.8) is 0 Å². The van der Waals surface area contributed by atoms with E-state index in [9.17, 15) is 12.8 Å². The molecule has 0 bridgehead atoms. The Balaban J connectivity index is 2.24. The quantitative estimate of drug-likeness (QED) is 0.876. The van der Waals surface area contributed by atoms with Crippen molar-refractivity contribution in [1.82, 2.24) is 10.0 Å². The van der Waals surface area contributed by atoms with Crippen LogP contribution < -0.4 is 10.0 Å². The van der Waals surface area contributed by atoms with Crippen LogP contribution in [0.5, 0.6) is 0 Å². The second-order valence-electron chi connectivity index (χ2n) is 4.69. The van der Waals surface area contributed by atoms with Crippen LogP contribution in [0.3, 0.4) is 0 Å². The molecule has 1 heterocycles. The lowest BCUT2D eigenvalue weighted by Gasteiger charge is -2.30. The molecule has 2 atom stereocenters. The van der Waals surface area contributed by atoms with E-state index in [2.05, 4.69) is 26.0 Å². The Labute approximate surface area is 121 Å². The Kier molecular flexibility index (Phi) is 4.60. The minimum atomic E-state index is -3.72. The molecule has 1 aromatic rings. The molecule has 7 heteroatoms. The van der Waals surface area contributed by atoms with E-state index in [4.69, 9.17) is 0 Å². The van der Waals surface area contributed by atoms with Crippen molar-refractivity contribution in [3.05, 3.63) is 28.5 Å². The van der Waals surface area contributed by atoms with Crippen molar-refractivity contribution >= 4 is 26.0 Å². The third-order valence-electron chi connectivity index (χ3n) is 3.25. The van der Waals surface area contributed by atoms with E-state index in [-0.39, 0.29) is 17.0 Å². The summed E-state index contributed by atoms with van der Waals surface area (Å²) in [5.41, 5.74) is 0. The van der Waals surface area contributed by atoms with Crippen molar-refractivity contribution in [3.8, 4) is 0 Å². The molecule has 1 aliphatic heterocycles. The van der Waals surface area contributed by atoms with Gasteiger partial charge in [0.1, 0.15) is 5.82 Å². The van der Waals surface area contributed by atoms with E-state index < -0.39 is 15.8 Å². The lowest BCUT2D eigenvalue weighted by molar-refractivity contribution is 0.348. The fourth-order valence-electron chi connectivity index (χ4n) is 2.15. The fourth-order valence-corrected chi connectivity index (χ4v) is 4.48. The molecule has 2 unspecified atom stereocenters. The highest BCUT2D eigenvalue weighted by Crippen LogP contribution is 2.23. The van der Waals surface area contributed by atoms with Crippen LogP contribution in [-0.4, -0.2) is 27.0 Å². The average molecular weight is 351 g/mol. The smallest absolute Gasteiger partial charge is 0.242 e. The minimum Gasteiger partial charge on any atom is -0.313 e. The zero-order valence-corrected chi connectivity index (χ0v) is 12.9. The molecule has 2 rings (SSSR count). The van der Waals surface area contributed by atoms with Crippen LogP contribution in [0, 0.1) is 5.82 Å². The largest absolute Gasteiger partial charge is 0.313 e. The van der Waals surface area contributed by atoms with E-state index in [0.29, 0.717) is 4.47 Å². The minimum absolute atomic E-state index is 0.0646. The first-order chi connectivity index (χ1) is 8.90. The summed E-state index contributed by atoms with van der Waals surface area (Å²) < 4.78 is 40.8. The van der Waals surface area contributed by atoms with Gasteiger partial charge in [-0.2, -0.15) is 0 Å². The van der Waals surface area contributed by atoms with Crippen LogP contribution in [0.4, 0.5) is 4.39 Å². The standard InChI is InChI=1S/C12H16BrFN2O2S/c1-8-11(3-2-6-15-8)16-19(17,18)12-7-9(14)4-5-10(12)13/h4-5,7-8,11,15-16H,2-3,6H2,1H3. The van der Waals surface area contributed by atoms with Gasteiger partial charge in [0.2, 0.25) is 10.0 Å². The predicted molar refractivity (Wildman–Crippen MR) is 74.9 cm³/mol. The van der Waals surface area contributed by atoms with E-state index in [1.54, 1.807) is 0 Å². The van der Waals surface area contributed by atoms with Crippen LogP contribution in [0.15, 0.2) is 27.6 Å².